The number of fused-ring (bicyclic) bond motifs is 1. The minimum Gasteiger partial charge on any atom is -0.333 e. The number of amides is 2. The van der Waals surface area contributed by atoms with Gasteiger partial charge in [0, 0.05) is 53.0 Å². The Morgan fingerprint density at radius 2 is 1.80 bits per heavy atom. The van der Waals surface area contributed by atoms with Crippen LogP contribution < -0.4 is 10.6 Å². The van der Waals surface area contributed by atoms with Gasteiger partial charge in [-0.05, 0) is 37.7 Å². The maximum Gasteiger partial charge on any atom is 0.259 e. The molecular formula is C22H24Cl2N4O2. The first-order chi connectivity index (χ1) is 14.3. The van der Waals surface area contributed by atoms with E-state index in [2.05, 4.69) is 27.5 Å². The third-order valence-corrected chi connectivity index (χ3v) is 6.60. The van der Waals surface area contributed by atoms with Crippen molar-refractivity contribution in [2.45, 2.75) is 12.5 Å². The molecule has 158 valence electrons. The van der Waals surface area contributed by atoms with Crippen LogP contribution in [0.2, 0.25) is 10.0 Å². The van der Waals surface area contributed by atoms with Gasteiger partial charge in [-0.15, -0.1) is 0 Å². The van der Waals surface area contributed by atoms with Crippen molar-refractivity contribution in [3.8, 4) is 0 Å². The Labute approximate surface area is 186 Å². The second kappa shape index (κ2) is 8.19. The summed E-state index contributed by atoms with van der Waals surface area (Å²) in [5.41, 5.74) is 1.17. The molecule has 4 rings (SSSR count). The average Bonchev–Trinajstić information content (AvgIpc) is 2.96. The van der Waals surface area contributed by atoms with E-state index in [-0.39, 0.29) is 18.4 Å². The number of nitrogens with zero attached hydrogens (tertiary/aromatic N) is 2. The van der Waals surface area contributed by atoms with Crippen LogP contribution in [0.3, 0.4) is 0 Å². The number of aryl methyl sites for hydroxylation is 1. The number of halogens is 2. The third kappa shape index (κ3) is 3.69. The first-order valence-corrected chi connectivity index (χ1v) is 10.7. The molecule has 0 spiro atoms. The molecule has 6 nitrogen and oxygen atoms in total. The molecule has 8 heteroatoms. The number of hydrogen-bond donors (Lipinski definition) is 2. The molecular weight excluding hydrogens is 423 g/mol. The second-order valence-corrected chi connectivity index (χ2v) is 8.77. The van der Waals surface area contributed by atoms with Crippen LogP contribution >= 0.6 is 23.2 Å². The van der Waals surface area contributed by atoms with Gasteiger partial charge in [-0.3, -0.25) is 14.5 Å². The van der Waals surface area contributed by atoms with Crippen LogP contribution in [0.4, 0.5) is 5.69 Å². The molecule has 0 aliphatic carbocycles. The van der Waals surface area contributed by atoms with Crippen molar-refractivity contribution < 1.29 is 9.59 Å². The summed E-state index contributed by atoms with van der Waals surface area (Å²) in [7, 11) is 2.07. The van der Waals surface area contributed by atoms with Gasteiger partial charge >= 0.3 is 0 Å². The van der Waals surface area contributed by atoms with Crippen LogP contribution in [0.1, 0.15) is 16.7 Å². The molecule has 2 N–H and O–H groups in total. The SMILES string of the molecule is Cc1cc2c(cc1Cl)NC(=O)C2(NC(=O)CN1CCN(C)CC1)c1ccccc1Cl. The van der Waals surface area contributed by atoms with E-state index in [0.29, 0.717) is 26.9 Å². The quantitative estimate of drug-likeness (QED) is 0.757. The maximum atomic E-state index is 13.4. The number of piperazine rings is 1. The molecule has 0 bridgehead atoms. The number of likely N-dealkylation sites (N-methyl/N-ethyl adjacent to an activating group) is 1. The average molecular weight is 447 g/mol. The predicted molar refractivity (Wildman–Crippen MR) is 119 cm³/mol. The molecule has 30 heavy (non-hydrogen) atoms. The van der Waals surface area contributed by atoms with Gasteiger partial charge in [-0.1, -0.05) is 41.4 Å². The first kappa shape index (κ1) is 21.1. The monoisotopic (exact) mass is 446 g/mol. The molecule has 2 aromatic rings. The van der Waals surface area contributed by atoms with Gasteiger partial charge in [0.15, 0.2) is 5.54 Å². The highest BCUT2D eigenvalue weighted by Crippen LogP contribution is 2.45. The Morgan fingerprint density at radius 1 is 1.10 bits per heavy atom. The van der Waals surface area contributed by atoms with E-state index in [9.17, 15) is 9.59 Å². The number of benzene rings is 2. The zero-order valence-corrected chi connectivity index (χ0v) is 18.5. The number of anilines is 1. The van der Waals surface area contributed by atoms with Crippen molar-refractivity contribution in [1.82, 2.24) is 15.1 Å². The van der Waals surface area contributed by atoms with Gasteiger partial charge in [-0.2, -0.15) is 0 Å². The lowest BCUT2D eigenvalue weighted by molar-refractivity contribution is -0.129. The largest absolute Gasteiger partial charge is 0.333 e. The number of hydrogen-bond acceptors (Lipinski definition) is 4. The van der Waals surface area contributed by atoms with E-state index in [0.717, 1.165) is 31.7 Å². The minimum absolute atomic E-state index is 0.217. The van der Waals surface area contributed by atoms with Crippen molar-refractivity contribution in [1.29, 1.82) is 0 Å². The molecule has 0 aromatic heterocycles. The van der Waals surface area contributed by atoms with Gasteiger partial charge in [0.25, 0.3) is 5.91 Å². The molecule has 0 saturated carbocycles. The molecule has 1 atom stereocenters. The van der Waals surface area contributed by atoms with Crippen molar-refractivity contribution in [2.75, 3.05) is 45.1 Å². The summed E-state index contributed by atoms with van der Waals surface area (Å²) < 4.78 is 0. The standard InChI is InChI=1S/C22H24Cl2N4O2/c1-14-11-16-19(12-18(14)24)25-21(30)22(16,15-5-3-4-6-17(15)23)26-20(29)13-28-9-7-27(2)8-10-28/h3-6,11-12H,7-10,13H2,1-2H3,(H,25,30)(H,26,29). The van der Waals surface area contributed by atoms with Gasteiger partial charge in [0.05, 0.1) is 6.54 Å². The van der Waals surface area contributed by atoms with Gasteiger partial charge in [0.2, 0.25) is 5.91 Å². The zero-order chi connectivity index (χ0) is 21.5. The number of nitrogens with one attached hydrogen (secondary N) is 2. The topological polar surface area (TPSA) is 64.7 Å². The van der Waals surface area contributed by atoms with Gasteiger partial charge in [-0.25, -0.2) is 0 Å². The van der Waals surface area contributed by atoms with Gasteiger partial charge in [0.1, 0.15) is 0 Å². The van der Waals surface area contributed by atoms with Crippen molar-refractivity contribution >= 4 is 40.7 Å². The number of carbonyl (C=O) groups is 2. The van der Waals surface area contributed by atoms with E-state index in [4.69, 9.17) is 23.2 Å². The highest BCUT2D eigenvalue weighted by atomic mass is 35.5. The summed E-state index contributed by atoms with van der Waals surface area (Å²) in [5.74, 6) is -0.575. The summed E-state index contributed by atoms with van der Waals surface area (Å²) >= 11 is 12.8. The van der Waals surface area contributed by atoms with Gasteiger partial charge < -0.3 is 15.5 Å². The lowest BCUT2D eigenvalue weighted by atomic mass is 9.83. The van der Waals surface area contributed by atoms with Crippen LogP contribution in [-0.2, 0) is 15.1 Å². The lowest BCUT2D eigenvalue weighted by Crippen LogP contribution is -2.55. The number of carbonyl (C=O) groups excluding carboxylic acids is 2. The lowest BCUT2D eigenvalue weighted by Gasteiger charge is -2.34. The van der Waals surface area contributed by atoms with Crippen LogP contribution in [0.5, 0.6) is 0 Å². The minimum atomic E-state index is -1.41. The summed E-state index contributed by atoms with van der Waals surface area (Å²) in [6.45, 7) is 5.51. The van der Waals surface area contributed by atoms with Crippen LogP contribution in [-0.4, -0.2) is 61.4 Å². The smallest absolute Gasteiger partial charge is 0.259 e. The van der Waals surface area contributed by atoms with Crippen LogP contribution in [0, 0.1) is 6.92 Å². The maximum absolute atomic E-state index is 13.4. The highest BCUT2D eigenvalue weighted by Gasteiger charge is 2.51. The predicted octanol–water partition coefficient (Wildman–Crippen LogP) is 2.86. The molecule has 1 fully saturated rings. The molecule has 2 aliphatic heterocycles. The molecule has 2 aliphatic rings. The second-order valence-electron chi connectivity index (χ2n) is 7.96. The Bertz CT molecular complexity index is 1000. The molecule has 2 aromatic carbocycles. The Morgan fingerprint density at radius 3 is 2.50 bits per heavy atom. The van der Waals surface area contributed by atoms with E-state index >= 15 is 0 Å². The Balaban J connectivity index is 1.74. The number of rotatable bonds is 4. The van der Waals surface area contributed by atoms with Crippen LogP contribution in [0.25, 0.3) is 0 Å². The Hall–Kier alpha value is -2.12. The summed E-state index contributed by atoms with van der Waals surface area (Å²) in [6.07, 6.45) is 0. The fourth-order valence-electron chi connectivity index (χ4n) is 4.12. The fraction of sp³-hybridized carbons (Fsp3) is 0.364. The zero-order valence-electron chi connectivity index (χ0n) is 17.0. The van der Waals surface area contributed by atoms with E-state index in [1.165, 1.54) is 0 Å². The molecule has 1 unspecified atom stereocenters. The first-order valence-electron chi connectivity index (χ1n) is 9.90. The third-order valence-electron chi connectivity index (χ3n) is 5.86. The molecule has 1 saturated heterocycles. The van der Waals surface area contributed by atoms with Crippen molar-refractivity contribution in [3.05, 3.63) is 63.1 Å². The Kier molecular flexibility index (Phi) is 5.77. The van der Waals surface area contributed by atoms with E-state index < -0.39 is 5.54 Å². The van der Waals surface area contributed by atoms with Crippen LogP contribution in [0.15, 0.2) is 36.4 Å². The summed E-state index contributed by atoms with van der Waals surface area (Å²) in [4.78, 5) is 30.8. The molecule has 2 heterocycles. The normalized spacial score (nSPS) is 21.9. The van der Waals surface area contributed by atoms with E-state index in [1.807, 2.05) is 19.1 Å². The highest BCUT2D eigenvalue weighted by molar-refractivity contribution is 6.33. The molecule has 2 amide bonds. The van der Waals surface area contributed by atoms with Crippen molar-refractivity contribution in [3.63, 3.8) is 0 Å². The fourth-order valence-corrected chi connectivity index (χ4v) is 4.56. The summed E-state index contributed by atoms with van der Waals surface area (Å²) in [6, 6.07) is 10.7. The van der Waals surface area contributed by atoms with Crippen molar-refractivity contribution in [2.24, 2.45) is 0 Å². The molecule has 0 radical (unpaired) electrons. The summed E-state index contributed by atoms with van der Waals surface area (Å²) in [5, 5.41) is 6.87. The van der Waals surface area contributed by atoms with E-state index in [1.54, 1.807) is 24.3 Å².